The first-order valence-electron chi connectivity index (χ1n) is 13.8. The summed E-state index contributed by atoms with van der Waals surface area (Å²) in [5, 5.41) is 12.6. The summed E-state index contributed by atoms with van der Waals surface area (Å²) in [5.41, 5.74) is 0.159. The Balaban J connectivity index is 1.39. The fourth-order valence-corrected chi connectivity index (χ4v) is 5.52. The average molecular weight is 685 g/mol. The quantitative estimate of drug-likeness (QED) is 0.297. The molecule has 2 N–H and O–H groups in total. The molecular formula is C29H37IN2O9. The zero-order valence-electron chi connectivity index (χ0n) is 23.5. The molecule has 0 saturated carbocycles. The predicted octanol–water partition coefficient (Wildman–Crippen LogP) is 2.48. The fraction of sp³-hybridized carbons (Fsp3) is 0.586. The number of hydrogen-bond donors (Lipinski definition) is 2. The van der Waals surface area contributed by atoms with E-state index in [0.29, 0.717) is 30.5 Å². The Kier molecular flexibility index (Phi) is 10.4. The Morgan fingerprint density at radius 1 is 1.17 bits per heavy atom. The van der Waals surface area contributed by atoms with Gasteiger partial charge in [-0.25, -0.2) is 4.79 Å². The smallest absolute Gasteiger partial charge is 0.338 e. The number of aliphatic hydroxyl groups excluding tert-OH is 1. The molecule has 1 aliphatic carbocycles. The Morgan fingerprint density at radius 3 is 2.59 bits per heavy atom. The van der Waals surface area contributed by atoms with Crippen molar-refractivity contribution in [1.29, 1.82) is 0 Å². The number of nitrogens with zero attached hydrogens (tertiary/aromatic N) is 1. The topological polar surface area (TPSA) is 141 Å². The SMILES string of the molecule is CC(C)(C)OC(=O)CCC(CO)NC(=O)C1CCCN1C(=O)C1=CC2OCOC2C(OC(=O)c2ccc(I)cc2)C1. The highest BCUT2D eigenvalue weighted by molar-refractivity contribution is 14.1. The molecule has 11 nitrogen and oxygen atoms in total. The third kappa shape index (κ3) is 8.27. The summed E-state index contributed by atoms with van der Waals surface area (Å²) in [6, 6.07) is 5.59. The van der Waals surface area contributed by atoms with Crippen LogP contribution < -0.4 is 5.32 Å². The second-order valence-corrected chi connectivity index (χ2v) is 12.6. The largest absolute Gasteiger partial charge is 0.460 e. The van der Waals surface area contributed by atoms with Gasteiger partial charge in [-0.2, -0.15) is 0 Å². The molecule has 2 aliphatic heterocycles. The highest BCUT2D eigenvalue weighted by Crippen LogP contribution is 2.33. The lowest BCUT2D eigenvalue weighted by atomic mass is 9.91. The van der Waals surface area contributed by atoms with E-state index < -0.39 is 53.8 Å². The number of ether oxygens (including phenoxy) is 4. The molecule has 12 heteroatoms. The zero-order chi connectivity index (χ0) is 29.7. The molecule has 5 atom stereocenters. The number of nitrogens with one attached hydrogen (secondary N) is 1. The maximum absolute atomic E-state index is 13.7. The van der Waals surface area contributed by atoms with Crippen LogP contribution in [-0.2, 0) is 33.3 Å². The Morgan fingerprint density at radius 2 is 1.90 bits per heavy atom. The molecule has 5 unspecified atom stereocenters. The fourth-order valence-electron chi connectivity index (χ4n) is 5.16. The summed E-state index contributed by atoms with van der Waals surface area (Å²) in [6.07, 6.45) is 1.33. The number of carbonyl (C=O) groups is 4. The summed E-state index contributed by atoms with van der Waals surface area (Å²) in [6.45, 7) is 5.36. The van der Waals surface area contributed by atoms with Crippen LogP contribution in [0, 0.1) is 3.57 Å². The van der Waals surface area contributed by atoms with Crippen LogP contribution in [0.5, 0.6) is 0 Å². The van der Waals surface area contributed by atoms with Gasteiger partial charge in [-0.3, -0.25) is 14.4 Å². The molecule has 2 amide bonds. The molecule has 4 rings (SSSR count). The Labute approximate surface area is 253 Å². The molecule has 41 heavy (non-hydrogen) atoms. The lowest BCUT2D eigenvalue weighted by Gasteiger charge is -2.33. The Hall–Kier alpha value is -2.55. The molecule has 0 aromatic heterocycles. The van der Waals surface area contributed by atoms with Gasteiger partial charge in [-0.15, -0.1) is 0 Å². The summed E-state index contributed by atoms with van der Waals surface area (Å²) in [5.74, 6) is -1.66. The zero-order valence-corrected chi connectivity index (χ0v) is 25.6. The highest BCUT2D eigenvalue weighted by atomic mass is 127. The average Bonchev–Trinajstić information content (AvgIpc) is 3.60. The number of carbonyl (C=O) groups excluding carboxylic acids is 4. The van der Waals surface area contributed by atoms with Crippen molar-refractivity contribution >= 4 is 46.3 Å². The van der Waals surface area contributed by atoms with E-state index in [2.05, 4.69) is 27.9 Å². The number of benzene rings is 1. The van der Waals surface area contributed by atoms with Crippen LogP contribution in [0.1, 0.15) is 63.2 Å². The van der Waals surface area contributed by atoms with Crippen molar-refractivity contribution in [2.75, 3.05) is 19.9 Å². The third-order valence-corrected chi connectivity index (χ3v) is 7.83. The van der Waals surface area contributed by atoms with Gasteiger partial charge in [0, 0.05) is 28.5 Å². The van der Waals surface area contributed by atoms with E-state index >= 15 is 0 Å². The minimum Gasteiger partial charge on any atom is -0.460 e. The van der Waals surface area contributed by atoms with E-state index in [1.807, 2.05) is 12.1 Å². The molecule has 1 aromatic rings. The number of amides is 2. The van der Waals surface area contributed by atoms with Crippen LogP contribution in [0.4, 0.5) is 0 Å². The third-order valence-electron chi connectivity index (χ3n) is 7.11. The van der Waals surface area contributed by atoms with Gasteiger partial charge in [0.05, 0.1) is 18.2 Å². The second-order valence-electron chi connectivity index (χ2n) is 11.4. The summed E-state index contributed by atoms with van der Waals surface area (Å²) < 4.78 is 23.4. The van der Waals surface area contributed by atoms with Gasteiger partial charge >= 0.3 is 11.9 Å². The van der Waals surface area contributed by atoms with Crippen molar-refractivity contribution in [2.45, 2.75) is 88.9 Å². The van der Waals surface area contributed by atoms with Crippen LogP contribution in [0.15, 0.2) is 35.9 Å². The number of halogens is 1. The van der Waals surface area contributed by atoms with Crippen molar-refractivity contribution < 1.29 is 43.2 Å². The number of likely N-dealkylation sites (tertiary alicyclic amines) is 1. The molecule has 224 valence electrons. The Bertz CT molecular complexity index is 1160. The van der Waals surface area contributed by atoms with Crippen LogP contribution in [0.2, 0.25) is 0 Å². The van der Waals surface area contributed by atoms with Crippen LogP contribution in [0.3, 0.4) is 0 Å². The maximum Gasteiger partial charge on any atom is 0.338 e. The molecule has 2 heterocycles. The van der Waals surface area contributed by atoms with Crippen LogP contribution in [-0.4, -0.2) is 89.7 Å². The van der Waals surface area contributed by atoms with Gasteiger partial charge in [-0.1, -0.05) is 0 Å². The van der Waals surface area contributed by atoms with Crippen LogP contribution >= 0.6 is 22.6 Å². The summed E-state index contributed by atoms with van der Waals surface area (Å²) in [4.78, 5) is 53.3. The van der Waals surface area contributed by atoms with Gasteiger partial charge in [0.1, 0.15) is 36.7 Å². The van der Waals surface area contributed by atoms with E-state index in [-0.39, 0.29) is 38.6 Å². The summed E-state index contributed by atoms with van der Waals surface area (Å²) >= 11 is 2.15. The van der Waals surface area contributed by atoms with Gasteiger partial charge in [0.2, 0.25) is 11.8 Å². The minimum atomic E-state index is -0.736. The normalized spacial score (nSPS) is 24.7. The first-order chi connectivity index (χ1) is 19.4. The van der Waals surface area contributed by atoms with Crippen molar-refractivity contribution in [1.82, 2.24) is 10.2 Å². The minimum absolute atomic E-state index is 0.0193. The predicted molar refractivity (Wildman–Crippen MR) is 155 cm³/mol. The first kappa shape index (κ1) is 31.4. The monoisotopic (exact) mass is 684 g/mol. The van der Waals surface area contributed by atoms with Gasteiger partial charge in [0.15, 0.2) is 0 Å². The van der Waals surface area contributed by atoms with E-state index in [9.17, 15) is 24.3 Å². The molecule has 0 spiro atoms. The maximum atomic E-state index is 13.7. The molecule has 3 aliphatic rings. The van der Waals surface area contributed by atoms with Crippen molar-refractivity contribution in [2.24, 2.45) is 0 Å². The number of esters is 2. The molecule has 0 radical (unpaired) electrons. The van der Waals surface area contributed by atoms with Gasteiger partial charge in [0.25, 0.3) is 0 Å². The highest BCUT2D eigenvalue weighted by Gasteiger charge is 2.45. The van der Waals surface area contributed by atoms with Crippen molar-refractivity contribution in [3.63, 3.8) is 0 Å². The molecule has 1 aromatic carbocycles. The van der Waals surface area contributed by atoms with Crippen molar-refractivity contribution in [3.05, 3.63) is 45.0 Å². The molecular weight excluding hydrogens is 647 g/mol. The van der Waals surface area contributed by atoms with Gasteiger partial charge in [-0.05, 0) is 93.0 Å². The second kappa shape index (κ2) is 13.6. The lowest BCUT2D eigenvalue weighted by Crippen LogP contribution is -2.51. The standard InChI is InChI=1S/C29H37IN2O9/c1-29(2,3)41-24(34)11-10-20(15-33)31-26(35)21-5-4-12-32(21)27(36)18-13-22-25(39-16-38-22)23(14-18)40-28(37)17-6-8-19(30)9-7-17/h6-9,13,20-23,25,33H,4-5,10-12,14-16H2,1-3H3,(H,31,35). The van der Waals surface area contributed by atoms with Crippen molar-refractivity contribution in [3.8, 4) is 0 Å². The number of aliphatic hydroxyl groups is 1. The van der Waals surface area contributed by atoms with E-state index in [4.69, 9.17) is 18.9 Å². The number of rotatable bonds is 9. The number of hydrogen-bond acceptors (Lipinski definition) is 9. The van der Waals surface area contributed by atoms with Gasteiger partial charge < -0.3 is 34.3 Å². The lowest BCUT2D eigenvalue weighted by molar-refractivity contribution is -0.155. The molecule has 2 saturated heterocycles. The van der Waals surface area contributed by atoms with E-state index in [1.54, 1.807) is 39.0 Å². The van der Waals surface area contributed by atoms with Crippen LogP contribution in [0.25, 0.3) is 0 Å². The summed E-state index contributed by atoms with van der Waals surface area (Å²) in [7, 11) is 0. The first-order valence-corrected chi connectivity index (χ1v) is 14.9. The molecule has 2 fully saturated rings. The number of fused-ring (bicyclic) bond motifs is 1. The van der Waals surface area contributed by atoms with E-state index in [0.717, 1.165) is 3.57 Å². The molecule has 0 bridgehead atoms. The van der Waals surface area contributed by atoms with E-state index in [1.165, 1.54) is 4.90 Å².